The van der Waals surface area contributed by atoms with Gasteiger partial charge in [0, 0.05) is 12.1 Å². The van der Waals surface area contributed by atoms with Gasteiger partial charge in [0.1, 0.15) is 12.4 Å². The first-order valence-electron chi connectivity index (χ1n) is 3.90. The van der Waals surface area contributed by atoms with Gasteiger partial charge in [-0.05, 0) is 6.07 Å². The fraction of sp³-hybridized carbons (Fsp3) is 0.333. The van der Waals surface area contributed by atoms with Crippen LogP contribution in [0.2, 0.25) is 0 Å². The zero-order valence-corrected chi connectivity index (χ0v) is 6.86. The highest BCUT2D eigenvalue weighted by molar-refractivity contribution is 5.32. The van der Waals surface area contributed by atoms with Crippen molar-refractivity contribution >= 4 is 0 Å². The van der Waals surface area contributed by atoms with E-state index in [1.54, 1.807) is 0 Å². The molecule has 0 saturated carbocycles. The Labute approximate surface area is 71.8 Å². The molecule has 0 aliphatic heterocycles. The molecule has 1 aromatic rings. The molecule has 0 aliphatic carbocycles. The van der Waals surface area contributed by atoms with E-state index in [1.165, 1.54) is 0 Å². The molecule has 0 spiro atoms. The van der Waals surface area contributed by atoms with Crippen LogP contribution in [-0.2, 0) is 6.61 Å². The van der Waals surface area contributed by atoms with Gasteiger partial charge in [0.2, 0.25) is 0 Å². The first kappa shape index (κ1) is 9.03. The van der Waals surface area contributed by atoms with Crippen molar-refractivity contribution in [3.05, 3.63) is 29.8 Å². The van der Waals surface area contributed by atoms with Gasteiger partial charge in [0.15, 0.2) is 0 Å². The van der Waals surface area contributed by atoms with Crippen LogP contribution >= 0.6 is 0 Å². The van der Waals surface area contributed by atoms with Crippen molar-refractivity contribution in [3.8, 4) is 5.75 Å². The van der Waals surface area contributed by atoms with Crippen molar-refractivity contribution in [2.45, 2.75) is 6.61 Å². The molecule has 3 N–H and O–H groups in total. The van der Waals surface area contributed by atoms with Gasteiger partial charge in [-0.15, -0.1) is 0 Å². The standard InChI is InChI=1S/C9H13NO2/c10-5-6-12-9-4-2-1-3-8(9)7-11/h1-4,11H,5-7,10H2. The Balaban J connectivity index is 2.68. The molecule has 0 saturated heterocycles. The van der Waals surface area contributed by atoms with E-state index in [0.29, 0.717) is 18.9 Å². The number of hydrogen-bond acceptors (Lipinski definition) is 3. The average Bonchev–Trinajstić information content (AvgIpc) is 2.15. The summed E-state index contributed by atoms with van der Waals surface area (Å²) in [5.74, 6) is 0.713. The second-order valence-corrected chi connectivity index (χ2v) is 2.40. The van der Waals surface area contributed by atoms with E-state index in [4.69, 9.17) is 15.6 Å². The third-order valence-electron chi connectivity index (χ3n) is 1.52. The highest BCUT2D eigenvalue weighted by Gasteiger charge is 1.99. The minimum atomic E-state index is 0.000739. The summed E-state index contributed by atoms with van der Waals surface area (Å²) in [6.45, 7) is 0.970. The fourth-order valence-electron chi connectivity index (χ4n) is 0.944. The van der Waals surface area contributed by atoms with Crippen molar-refractivity contribution in [2.24, 2.45) is 5.73 Å². The molecule has 0 aromatic heterocycles. The number of hydrogen-bond donors (Lipinski definition) is 2. The molecule has 0 heterocycles. The smallest absolute Gasteiger partial charge is 0.124 e. The van der Waals surface area contributed by atoms with Gasteiger partial charge >= 0.3 is 0 Å². The van der Waals surface area contributed by atoms with Crippen molar-refractivity contribution in [1.29, 1.82) is 0 Å². The average molecular weight is 167 g/mol. The highest BCUT2D eigenvalue weighted by atomic mass is 16.5. The molecule has 1 aromatic carbocycles. The Hall–Kier alpha value is -1.06. The molecular formula is C9H13NO2. The molecule has 1 rings (SSSR count). The molecule has 0 amide bonds. The highest BCUT2D eigenvalue weighted by Crippen LogP contribution is 2.16. The zero-order chi connectivity index (χ0) is 8.81. The Kier molecular flexibility index (Phi) is 3.57. The number of benzene rings is 1. The Morgan fingerprint density at radius 1 is 1.33 bits per heavy atom. The minimum absolute atomic E-state index is 0.000739. The maximum Gasteiger partial charge on any atom is 0.124 e. The molecule has 0 unspecified atom stereocenters. The summed E-state index contributed by atoms with van der Waals surface area (Å²) in [4.78, 5) is 0. The molecule has 0 bridgehead atoms. The van der Waals surface area contributed by atoms with Crippen LogP contribution in [0.3, 0.4) is 0 Å². The summed E-state index contributed by atoms with van der Waals surface area (Å²) in [6, 6.07) is 7.37. The predicted octanol–water partition coefficient (Wildman–Crippen LogP) is 0.516. The van der Waals surface area contributed by atoms with E-state index in [1.807, 2.05) is 24.3 Å². The number of nitrogens with two attached hydrogens (primary N) is 1. The number of aliphatic hydroxyl groups excluding tert-OH is 1. The van der Waals surface area contributed by atoms with Gasteiger partial charge in [-0.2, -0.15) is 0 Å². The largest absolute Gasteiger partial charge is 0.492 e. The maximum absolute atomic E-state index is 8.91. The normalized spacial score (nSPS) is 9.83. The van der Waals surface area contributed by atoms with Gasteiger partial charge in [0.05, 0.1) is 6.61 Å². The molecule has 12 heavy (non-hydrogen) atoms. The summed E-state index contributed by atoms with van der Waals surface area (Å²) in [6.07, 6.45) is 0. The van der Waals surface area contributed by atoms with Crippen LogP contribution in [0, 0.1) is 0 Å². The summed E-state index contributed by atoms with van der Waals surface area (Å²) in [7, 11) is 0. The van der Waals surface area contributed by atoms with Gasteiger partial charge in [0.25, 0.3) is 0 Å². The van der Waals surface area contributed by atoms with Gasteiger partial charge in [-0.3, -0.25) is 0 Å². The molecule has 0 aliphatic rings. The number of rotatable bonds is 4. The summed E-state index contributed by atoms with van der Waals surface area (Å²) < 4.78 is 5.29. The molecule has 66 valence electrons. The number of ether oxygens (including phenoxy) is 1. The molecule has 0 fully saturated rings. The first-order valence-corrected chi connectivity index (χ1v) is 3.90. The van der Waals surface area contributed by atoms with Crippen LogP contribution in [0.25, 0.3) is 0 Å². The zero-order valence-electron chi connectivity index (χ0n) is 6.86. The Bertz CT molecular complexity index is 238. The number of aliphatic hydroxyl groups is 1. The quantitative estimate of drug-likeness (QED) is 0.687. The maximum atomic E-state index is 8.91. The second kappa shape index (κ2) is 4.74. The SMILES string of the molecule is NCCOc1ccccc1CO. The van der Waals surface area contributed by atoms with E-state index >= 15 is 0 Å². The van der Waals surface area contributed by atoms with E-state index in [9.17, 15) is 0 Å². The monoisotopic (exact) mass is 167 g/mol. The van der Waals surface area contributed by atoms with Crippen LogP contribution in [-0.4, -0.2) is 18.3 Å². The van der Waals surface area contributed by atoms with Crippen LogP contribution < -0.4 is 10.5 Å². The summed E-state index contributed by atoms with van der Waals surface area (Å²) in [5, 5.41) is 8.91. The van der Waals surface area contributed by atoms with Crippen molar-refractivity contribution < 1.29 is 9.84 Å². The molecule has 0 radical (unpaired) electrons. The van der Waals surface area contributed by atoms with Crippen molar-refractivity contribution in [3.63, 3.8) is 0 Å². The molecule has 3 nitrogen and oxygen atoms in total. The van der Waals surface area contributed by atoms with Gasteiger partial charge in [-0.1, -0.05) is 18.2 Å². The summed E-state index contributed by atoms with van der Waals surface area (Å²) in [5.41, 5.74) is 6.08. The van der Waals surface area contributed by atoms with E-state index in [0.717, 1.165) is 5.56 Å². The van der Waals surface area contributed by atoms with E-state index in [2.05, 4.69) is 0 Å². The second-order valence-electron chi connectivity index (χ2n) is 2.40. The lowest BCUT2D eigenvalue weighted by Gasteiger charge is -2.07. The number of para-hydroxylation sites is 1. The van der Waals surface area contributed by atoms with Gasteiger partial charge in [-0.25, -0.2) is 0 Å². The third kappa shape index (κ3) is 2.22. The lowest BCUT2D eigenvalue weighted by molar-refractivity contribution is 0.265. The van der Waals surface area contributed by atoms with E-state index < -0.39 is 0 Å². The molecule has 3 heteroatoms. The van der Waals surface area contributed by atoms with Crippen LogP contribution in [0.1, 0.15) is 5.56 Å². The topological polar surface area (TPSA) is 55.5 Å². The lowest BCUT2D eigenvalue weighted by Crippen LogP contribution is -2.11. The third-order valence-corrected chi connectivity index (χ3v) is 1.52. The van der Waals surface area contributed by atoms with Crippen molar-refractivity contribution in [2.75, 3.05) is 13.2 Å². The summed E-state index contributed by atoms with van der Waals surface area (Å²) >= 11 is 0. The molecule has 0 atom stereocenters. The van der Waals surface area contributed by atoms with Crippen LogP contribution in [0.4, 0.5) is 0 Å². The van der Waals surface area contributed by atoms with E-state index in [-0.39, 0.29) is 6.61 Å². The van der Waals surface area contributed by atoms with Crippen LogP contribution in [0.15, 0.2) is 24.3 Å². The van der Waals surface area contributed by atoms with Crippen molar-refractivity contribution in [1.82, 2.24) is 0 Å². The van der Waals surface area contributed by atoms with Crippen LogP contribution in [0.5, 0.6) is 5.75 Å². The Morgan fingerprint density at radius 2 is 2.08 bits per heavy atom. The van der Waals surface area contributed by atoms with Gasteiger partial charge < -0.3 is 15.6 Å². The predicted molar refractivity (Wildman–Crippen MR) is 46.9 cm³/mol. The Morgan fingerprint density at radius 3 is 2.75 bits per heavy atom. The minimum Gasteiger partial charge on any atom is -0.492 e. The first-order chi connectivity index (χ1) is 5.88. The fourth-order valence-corrected chi connectivity index (χ4v) is 0.944. The lowest BCUT2D eigenvalue weighted by atomic mass is 10.2. The molecular weight excluding hydrogens is 154 g/mol.